The highest BCUT2D eigenvalue weighted by Gasteiger charge is 2.26. The first-order valence-corrected chi connectivity index (χ1v) is 9.03. The molecule has 2 N–H and O–H groups in total. The van der Waals surface area contributed by atoms with E-state index in [9.17, 15) is 14.4 Å². The number of benzene rings is 1. The molecule has 2 amide bonds. The third-order valence-corrected chi connectivity index (χ3v) is 4.56. The van der Waals surface area contributed by atoms with Crippen molar-refractivity contribution in [2.24, 2.45) is 13.0 Å². The average Bonchev–Trinajstić information content (AvgIpc) is 2.56. The zero-order chi connectivity index (χ0) is 19.4. The molecule has 26 heavy (non-hydrogen) atoms. The second-order valence-corrected chi connectivity index (χ2v) is 7.37. The molecule has 0 unspecified atom stereocenters. The molecule has 0 bridgehead atoms. The molecule has 1 aromatic heterocycles. The van der Waals surface area contributed by atoms with E-state index >= 15 is 0 Å². The van der Waals surface area contributed by atoms with Crippen LogP contribution in [0.4, 0.5) is 5.69 Å². The molecule has 2 aromatic rings. The molecule has 0 spiro atoms. The molecule has 1 heterocycles. The Balaban J connectivity index is 2.22. The minimum atomic E-state index is -0.772. The van der Waals surface area contributed by atoms with Crippen LogP contribution in [0.15, 0.2) is 45.9 Å². The maximum absolute atomic E-state index is 12.7. The highest BCUT2D eigenvalue weighted by Crippen LogP contribution is 2.12. The van der Waals surface area contributed by atoms with Crippen LogP contribution in [-0.2, 0) is 11.8 Å². The molecule has 0 aliphatic heterocycles. The number of halogens is 1. The van der Waals surface area contributed by atoms with Gasteiger partial charge in [0.1, 0.15) is 11.7 Å². The van der Waals surface area contributed by atoms with Crippen LogP contribution in [0.25, 0.3) is 0 Å². The van der Waals surface area contributed by atoms with Crippen molar-refractivity contribution in [2.75, 3.05) is 5.32 Å². The predicted octanol–water partition coefficient (Wildman–Crippen LogP) is 2.85. The molecule has 0 saturated carbocycles. The van der Waals surface area contributed by atoms with E-state index in [1.807, 2.05) is 32.9 Å². The minimum absolute atomic E-state index is 0.154. The first kappa shape index (κ1) is 19.9. The van der Waals surface area contributed by atoms with Crippen molar-refractivity contribution in [2.45, 2.75) is 26.8 Å². The second kappa shape index (κ2) is 8.31. The monoisotopic (exact) mass is 419 g/mol. The van der Waals surface area contributed by atoms with Crippen molar-refractivity contribution in [1.82, 2.24) is 9.88 Å². The summed E-state index contributed by atoms with van der Waals surface area (Å²) in [6, 6.07) is 6.40. The van der Waals surface area contributed by atoms with Crippen LogP contribution in [0, 0.1) is 12.8 Å². The van der Waals surface area contributed by atoms with E-state index < -0.39 is 11.9 Å². The summed E-state index contributed by atoms with van der Waals surface area (Å²) < 4.78 is 2.01. The summed E-state index contributed by atoms with van der Waals surface area (Å²) in [6.07, 6.45) is 3.14. The summed E-state index contributed by atoms with van der Waals surface area (Å²) in [5.74, 6) is -0.907. The summed E-state index contributed by atoms with van der Waals surface area (Å²) in [4.78, 5) is 37.4. The summed E-state index contributed by atoms with van der Waals surface area (Å²) in [5.41, 5.74) is 1.19. The van der Waals surface area contributed by atoms with Crippen LogP contribution in [0.1, 0.15) is 29.8 Å². The average molecular weight is 420 g/mol. The van der Waals surface area contributed by atoms with Gasteiger partial charge in [0.05, 0.1) is 4.47 Å². The van der Waals surface area contributed by atoms with Gasteiger partial charge in [0.2, 0.25) is 11.3 Å². The van der Waals surface area contributed by atoms with Crippen LogP contribution in [0.5, 0.6) is 0 Å². The van der Waals surface area contributed by atoms with E-state index in [4.69, 9.17) is 0 Å². The number of nitrogens with zero attached hydrogens (tertiary/aromatic N) is 1. The standard InChI is InChI=1S/C19H22BrN3O3/c1-11(2)16(22-18(25)13-8-6-5-7-12(13)3)19(26)21-15-10-23(4)9-14(20)17(15)24/h5-11,16H,1-4H3,(H,21,26)(H,22,25)/t16-/m0/s1. The van der Waals surface area contributed by atoms with Crippen molar-refractivity contribution in [1.29, 1.82) is 0 Å². The Labute approximate surface area is 160 Å². The fourth-order valence-corrected chi connectivity index (χ4v) is 3.08. The summed E-state index contributed by atoms with van der Waals surface area (Å²) in [5, 5.41) is 5.40. The van der Waals surface area contributed by atoms with Gasteiger partial charge in [0.15, 0.2) is 0 Å². The molecule has 7 heteroatoms. The van der Waals surface area contributed by atoms with E-state index in [1.165, 1.54) is 6.20 Å². The highest BCUT2D eigenvalue weighted by atomic mass is 79.9. The molecule has 0 fully saturated rings. The summed E-state index contributed by atoms with van der Waals surface area (Å²) in [6.45, 7) is 5.51. The van der Waals surface area contributed by atoms with E-state index in [0.717, 1.165) is 5.56 Å². The molecule has 1 aromatic carbocycles. The Morgan fingerprint density at radius 2 is 1.81 bits per heavy atom. The van der Waals surface area contributed by atoms with Crippen LogP contribution < -0.4 is 16.1 Å². The molecule has 0 radical (unpaired) electrons. The maximum atomic E-state index is 12.7. The van der Waals surface area contributed by atoms with Crippen LogP contribution in [0.2, 0.25) is 0 Å². The SMILES string of the molecule is Cc1ccccc1C(=O)N[C@H](C(=O)Nc1cn(C)cc(Br)c1=O)C(C)C. The van der Waals surface area contributed by atoms with Gasteiger partial charge in [0, 0.05) is 25.0 Å². The lowest BCUT2D eigenvalue weighted by atomic mass is 10.0. The number of aromatic nitrogens is 1. The van der Waals surface area contributed by atoms with Gasteiger partial charge in [-0.2, -0.15) is 0 Å². The van der Waals surface area contributed by atoms with Gasteiger partial charge in [0.25, 0.3) is 5.91 Å². The van der Waals surface area contributed by atoms with E-state index in [2.05, 4.69) is 26.6 Å². The molecule has 0 saturated heterocycles. The Morgan fingerprint density at radius 1 is 1.15 bits per heavy atom. The zero-order valence-corrected chi connectivity index (χ0v) is 16.8. The summed E-state index contributed by atoms with van der Waals surface area (Å²) >= 11 is 3.18. The van der Waals surface area contributed by atoms with Crippen molar-refractivity contribution in [3.8, 4) is 0 Å². The Morgan fingerprint density at radius 3 is 2.42 bits per heavy atom. The zero-order valence-electron chi connectivity index (χ0n) is 15.2. The van der Waals surface area contributed by atoms with Gasteiger partial charge in [-0.15, -0.1) is 0 Å². The molecule has 1 atom stereocenters. The maximum Gasteiger partial charge on any atom is 0.252 e. The molecular formula is C19H22BrN3O3. The number of rotatable bonds is 5. The lowest BCUT2D eigenvalue weighted by Gasteiger charge is -2.22. The van der Waals surface area contributed by atoms with Crippen molar-refractivity contribution in [3.63, 3.8) is 0 Å². The van der Waals surface area contributed by atoms with Crippen LogP contribution >= 0.6 is 15.9 Å². The minimum Gasteiger partial charge on any atom is -0.354 e. The van der Waals surface area contributed by atoms with E-state index in [0.29, 0.717) is 10.0 Å². The lowest BCUT2D eigenvalue weighted by Crippen LogP contribution is -2.47. The first-order chi connectivity index (χ1) is 12.2. The van der Waals surface area contributed by atoms with E-state index in [-0.39, 0.29) is 22.9 Å². The number of hydrogen-bond acceptors (Lipinski definition) is 3. The Hall–Kier alpha value is -2.41. The Kier molecular flexibility index (Phi) is 6.37. The number of hydrogen-bond donors (Lipinski definition) is 2. The van der Waals surface area contributed by atoms with E-state index in [1.54, 1.807) is 29.9 Å². The molecule has 0 aliphatic rings. The largest absolute Gasteiger partial charge is 0.354 e. The lowest BCUT2D eigenvalue weighted by molar-refractivity contribution is -0.118. The molecular weight excluding hydrogens is 398 g/mol. The van der Waals surface area contributed by atoms with Gasteiger partial charge in [-0.3, -0.25) is 14.4 Å². The number of nitrogens with one attached hydrogen (secondary N) is 2. The van der Waals surface area contributed by atoms with Crippen molar-refractivity contribution in [3.05, 3.63) is 62.5 Å². The predicted molar refractivity (Wildman–Crippen MR) is 105 cm³/mol. The van der Waals surface area contributed by atoms with Crippen molar-refractivity contribution < 1.29 is 9.59 Å². The second-order valence-electron chi connectivity index (χ2n) is 6.51. The van der Waals surface area contributed by atoms with Gasteiger partial charge in [-0.25, -0.2) is 0 Å². The molecule has 0 aliphatic carbocycles. The highest BCUT2D eigenvalue weighted by molar-refractivity contribution is 9.10. The number of anilines is 1. The Bertz CT molecular complexity index is 890. The number of aryl methyl sites for hydroxylation is 2. The van der Waals surface area contributed by atoms with Crippen LogP contribution in [-0.4, -0.2) is 22.4 Å². The van der Waals surface area contributed by atoms with Gasteiger partial charge in [-0.1, -0.05) is 32.0 Å². The molecule has 138 valence electrons. The van der Waals surface area contributed by atoms with Crippen LogP contribution in [0.3, 0.4) is 0 Å². The summed E-state index contributed by atoms with van der Waals surface area (Å²) in [7, 11) is 1.75. The smallest absolute Gasteiger partial charge is 0.252 e. The molecule has 2 rings (SSSR count). The quantitative estimate of drug-likeness (QED) is 0.781. The fraction of sp³-hybridized carbons (Fsp3) is 0.316. The van der Waals surface area contributed by atoms with Crippen molar-refractivity contribution >= 4 is 33.4 Å². The van der Waals surface area contributed by atoms with Gasteiger partial charge < -0.3 is 15.2 Å². The third-order valence-electron chi connectivity index (χ3n) is 3.99. The topological polar surface area (TPSA) is 80.2 Å². The fourth-order valence-electron chi connectivity index (χ4n) is 2.55. The number of amides is 2. The van der Waals surface area contributed by atoms with Gasteiger partial charge in [-0.05, 0) is 40.4 Å². The number of carbonyl (C=O) groups excluding carboxylic acids is 2. The molecule has 6 nitrogen and oxygen atoms in total. The number of carbonyl (C=O) groups is 2. The van der Waals surface area contributed by atoms with Gasteiger partial charge >= 0.3 is 0 Å². The first-order valence-electron chi connectivity index (χ1n) is 8.24. The number of pyridine rings is 1. The third kappa shape index (κ3) is 4.60. The normalized spacial score (nSPS) is 11.9.